The zero-order valence-electron chi connectivity index (χ0n) is 25.8. The number of nitrogens with one attached hydrogen (secondary N) is 1. The van der Waals surface area contributed by atoms with E-state index < -0.39 is 0 Å². The van der Waals surface area contributed by atoms with Crippen molar-refractivity contribution >= 4 is 22.9 Å². The Morgan fingerprint density at radius 3 is 2.40 bits per heavy atom. The van der Waals surface area contributed by atoms with Gasteiger partial charge in [-0.25, -0.2) is 0 Å². The summed E-state index contributed by atoms with van der Waals surface area (Å²) in [7, 11) is 2.12. The molecule has 228 valence electrons. The molecule has 0 saturated carbocycles. The van der Waals surface area contributed by atoms with Crippen molar-refractivity contribution in [3.63, 3.8) is 0 Å². The number of thioether (sulfide) groups is 1. The van der Waals surface area contributed by atoms with Gasteiger partial charge in [-0.2, -0.15) is 0 Å². The second-order valence-electron chi connectivity index (χ2n) is 12.0. The van der Waals surface area contributed by atoms with Crippen LogP contribution in [0.4, 0.5) is 4.79 Å². The number of amides is 2. The minimum absolute atomic E-state index is 0.214. The van der Waals surface area contributed by atoms with Crippen molar-refractivity contribution in [2.75, 3.05) is 26.7 Å². The number of hydrogen-bond acceptors (Lipinski definition) is 7. The van der Waals surface area contributed by atoms with E-state index in [-0.39, 0.29) is 22.0 Å². The maximum atomic E-state index is 11.8. The molecule has 43 heavy (non-hydrogen) atoms. The zero-order chi connectivity index (χ0) is 30.6. The first-order chi connectivity index (χ1) is 20.6. The normalized spacial score (nSPS) is 19.6. The smallest absolute Gasteiger partial charge is 0.286 e. The number of likely N-dealkylation sites (N-methyl/N-ethyl adjacent to an activating group) is 1. The molecule has 0 aliphatic carbocycles. The topological polar surface area (TPSA) is 77.1 Å². The molecular weight excluding hydrogens is 560 g/mol. The van der Waals surface area contributed by atoms with E-state index in [0.29, 0.717) is 19.6 Å². The van der Waals surface area contributed by atoms with Crippen LogP contribution in [0.3, 0.4) is 0 Å². The van der Waals surface area contributed by atoms with Crippen LogP contribution in [0, 0.1) is 20.8 Å². The van der Waals surface area contributed by atoms with Crippen molar-refractivity contribution in [2.45, 2.75) is 70.8 Å². The average molecular weight is 603 g/mol. The van der Waals surface area contributed by atoms with Crippen molar-refractivity contribution in [3.8, 4) is 17.2 Å². The van der Waals surface area contributed by atoms with Crippen LogP contribution in [0.25, 0.3) is 0 Å². The highest BCUT2D eigenvalue weighted by Crippen LogP contribution is 2.44. The fourth-order valence-electron chi connectivity index (χ4n) is 5.73. The molecule has 0 radical (unpaired) electrons. The Labute approximate surface area is 259 Å². The van der Waals surface area contributed by atoms with Crippen molar-refractivity contribution < 1.29 is 23.8 Å². The van der Waals surface area contributed by atoms with E-state index in [2.05, 4.69) is 57.1 Å². The third kappa shape index (κ3) is 7.54. The van der Waals surface area contributed by atoms with Gasteiger partial charge in [-0.15, -0.1) is 0 Å². The fourth-order valence-corrected chi connectivity index (χ4v) is 6.59. The Bertz CT molecular complexity index is 1460. The minimum atomic E-state index is -0.357. The Morgan fingerprint density at radius 1 is 0.953 bits per heavy atom. The van der Waals surface area contributed by atoms with Gasteiger partial charge in [0, 0.05) is 18.7 Å². The molecule has 7 nitrogen and oxygen atoms in total. The van der Waals surface area contributed by atoms with Gasteiger partial charge in [-0.1, -0.05) is 54.2 Å². The predicted octanol–water partition coefficient (Wildman–Crippen LogP) is 6.57. The maximum absolute atomic E-state index is 11.8. The molecule has 0 spiro atoms. The number of hydrogen-bond donors (Lipinski definition) is 1. The summed E-state index contributed by atoms with van der Waals surface area (Å²) in [5.74, 6) is 2.60. The van der Waals surface area contributed by atoms with Gasteiger partial charge in [0.05, 0.1) is 5.25 Å². The summed E-state index contributed by atoms with van der Waals surface area (Å²) in [6, 6.07) is 18.1. The van der Waals surface area contributed by atoms with Crippen LogP contribution in [-0.4, -0.2) is 53.6 Å². The van der Waals surface area contributed by atoms with E-state index in [1.165, 1.54) is 16.7 Å². The average Bonchev–Trinajstić information content (AvgIpc) is 3.32. The molecule has 3 aromatic carbocycles. The van der Waals surface area contributed by atoms with E-state index in [1.54, 1.807) is 0 Å². The third-order valence-corrected chi connectivity index (χ3v) is 9.65. The second-order valence-corrected chi connectivity index (χ2v) is 13.1. The molecule has 1 fully saturated rings. The highest BCUT2D eigenvalue weighted by molar-refractivity contribution is 8.15. The molecule has 8 heteroatoms. The molecule has 5 rings (SSSR count). The van der Waals surface area contributed by atoms with Gasteiger partial charge >= 0.3 is 0 Å². The lowest BCUT2D eigenvalue weighted by Crippen LogP contribution is -2.40. The lowest BCUT2D eigenvalue weighted by atomic mass is 9.85. The third-order valence-electron chi connectivity index (χ3n) is 8.66. The number of fused-ring (bicyclic) bond motifs is 1. The molecule has 1 N–H and O–H groups in total. The zero-order valence-corrected chi connectivity index (χ0v) is 26.6. The highest BCUT2D eigenvalue weighted by Gasteiger charge is 2.35. The first-order valence-electron chi connectivity index (χ1n) is 15.0. The molecule has 2 heterocycles. The Kier molecular flexibility index (Phi) is 9.67. The number of carbonyl (C=O) groups excluding carboxylic acids is 2. The number of carbonyl (C=O) groups is 2. The van der Waals surface area contributed by atoms with E-state index in [0.717, 1.165) is 78.1 Å². The van der Waals surface area contributed by atoms with Crippen molar-refractivity contribution in [2.24, 2.45) is 0 Å². The maximum Gasteiger partial charge on any atom is 0.286 e. The molecule has 2 aliphatic rings. The summed E-state index contributed by atoms with van der Waals surface area (Å²) in [5.41, 5.74) is 6.72. The van der Waals surface area contributed by atoms with Crippen LogP contribution in [0.5, 0.6) is 17.2 Å². The van der Waals surface area contributed by atoms with Gasteiger partial charge in [0.25, 0.3) is 5.24 Å². The van der Waals surface area contributed by atoms with Gasteiger partial charge in [0.15, 0.2) is 0 Å². The van der Waals surface area contributed by atoms with E-state index >= 15 is 0 Å². The SMILES string of the molecule is Cc1c(C)c2c(c(C)c1OCc1ccccc1)CCC(C)(CCN(C)CCOc1ccc(CC3SC(=O)NC3=O)cc1)O2. The van der Waals surface area contributed by atoms with Gasteiger partial charge in [0.2, 0.25) is 5.91 Å². The van der Waals surface area contributed by atoms with Gasteiger partial charge in [-0.3, -0.25) is 14.9 Å². The molecular formula is C35H42N2O5S. The first-order valence-corrected chi connectivity index (χ1v) is 15.9. The Hall–Kier alpha value is -3.49. The van der Waals surface area contributed by atoms with Crippen molar-refractivity contribution in [1.29, 1.82) is 0 Å². The van der Waals surface area contributed by atoms with E-state index in [1.807, 2.05) is 42.5 Å². The largest absolute Gasteiger partial charge is 0.492 e. The van der Waals surface area contributed by atoms with Crippen LogP contribution in [0.1, 0.15) is 53.1 Å². The summed E-state index contributed by atoms with van der Waals surface area (Å²) in [6.45, 7) is 11.5. The van der Waals surface area contributed by atoms with Crippen molar-refractivity contribution in [1.82, 2.24) is 10.2 Å². The molecule has 1 saturated heterocycles. The summed E-state index contributed by atoms with van der Waals surface area (Å²) in [5, 5.41) is 1.71. The Morgan fingerprint density at radius 2 is 1.70 bits per heavy atom. The summed E-state index contributed by atoms with van der Waals surface area (Å²) >= 11 is 1.05. The van der Waals surface area contributed by atoms with E-state index in [4.69, 9.17) is 14.2 Å². The quantitative estimate of drug-likeness (QED) is 0.251. The number of imide groups is 1. The summed E-state index contributed by atoms with van der Waals surface area (Å²) < 4.78 is 19.1. The van der Waals surface area contributed by atoms with Gasteiger partial charge < -0.3 is 19.1 Å². The molecule has 2 atom stereocenters. The van der Waals surface area contributed by atoms with Crippen LogP contribution >= 0.6 is 11.8 Å². The van der Waals surface area contributed by atoms with E-state index in [9.17, 15) is 9.59 Å². The standard InChI is InChI=1S/C35H42N2O5S/c1-23-24(2)32-29(25(3)31(23)41-22-27-9-7-6-8-10-27)15-16-35(4,42-32)17-18-37(5)19-20-40-28-13-11-26(12-14-28)21-30-33(38)36-34(39)43-30/h6-14,30H,15-22H2,1-5H3,(H,36,38,39). The number of benzene rings is 3. The van der Waals surface area contributed by atoms with Gasteiger partial charge in [-0.05, 0) is 100 Å². The monoisotopic (exact) mass is 602 g/mol. The second kappa shape index (κ2) is 13.4. The number of nitrogens with zero attached hydrogens (tertiary/aromatic N) is 1. The van der Waals surface area contributed by atoms with Crippen LogP contribution in [-0.2, 0) is 24.2 Å². The highest BCUT2D eigenvalue weighted by atomic mass is 32.2. The minimum Gasteiger partial charge on any atom is -0.492 e. The number of rotatable bonds is 12. The fraction of sp³-hybridized carbons (Fsp3) is 0.429. The molecule has 0 aromatic heterocycles. The van der Waals surface area contributed by atoms with Crippen molar-refractivity contribution in [3.05, 3.63) is 88.0 Å². The first kappa shape index (κ1) is 31.0. The van der Waals surface area contributed by atoms with Crippen LogP contribution < -0.4 is 19.5 Å². The summed E-state index contributed by atoms with van der Waals surface area (Å²) in [6.07, 6.45) is 3.40. The Balaban J connectivity index is 1.10. The number of ether oxygens (including phenoxy) is 3. The predicted molar refractivity (Wildman–Crippen MR) is 171 cm³/mol. The van der Waals surface area contributed by atoms with Crippen LogP contribution in [0.15, 0.2) is 54.6 Å². The molecule has 2 aliphatic heterocycles. The molecule has 2 amide bonds. The summed E-state index contributed by atoms with van der Waals surface area (Å²) in [4.78, 5) is 25.5. The molecule has 0 bridgehead atoms. The lowest BCUT2D eigenvalue weighted by molar-refractivity contribution is -0.118. The molecule has 3 aromatic rings. The molecule has 2 unspecified atom stereocenters. The van der Waals surface area contributed by atoms with Crippen LogP contribution in [0.2, 0.25) is 0 Å². The lowest BCUT2D eigenvalue weighted by Gasteiger charge is -2.39. The van der Waals surface area contributed by atoms with Gasteiger partial charge in [0.1, 0.15) is 36.1 Å².